The summed E-state index contributed by atoms with van der Waals surface area (Å²) in [6.45, 7) is 1.28. The zero-order chi connectivity index (χ0) is 18.9. The Balaban J connectivity index is 1.52. The first-order valence-corrected chi connectivity index (χ1v) is 9.92. The zero-order valence-electron chi connectivity index (χ0n) is 15.8. The Kier molecular flexibility index (Phi) is 7.28. The Hall–Kier alpha value is -2.33. The van der Waals surface area contributed by atoms with Gasteiger partial charge in [-0.2, -0.15) is 0 Å². The Morgan fingerprint density at radius 3 is 2.52 bits per heavy atom. The van der Waals surface area contributed by atoms with Gasteiger partial charge in [0, 0.05) is 6.54 Å². The van der Waals surface area contributed by atoms with Gasteiger partial charge in [-0.05, 0) is 48.4 Å². The molecule has 2 aromatic carbocycles. The predicted molar refractivity (Wildman–Crippen MR) is 107 cm³/mol. The van der Waals surface area contributed by atoms with E-state index in [0.717, 1.165) is 23.5 Å². The van der Waals surface area contributed by atoms with Gasteiger partial charge in [0.2, 0.25) is 0 Å². The minimum atomic E-state index is -0.830. The number of aliphatic carboxylic acids is 1. The monoisotopic (exact) mass is 367 g/mol. The van der Waals surface area contributed by atoms with Crippen LogP contribution in [-0.4, -0.2) is 23.7 Å². The van der Waals surface area contributed by atoms with Gasteiger partial charge in [0.05, 0.1) is 6.61 Å². The van der Waals surface area contributed by atoms with Crippen molar-refractivity contribution in [1.29, 1.82) is 0 Å². The van der Waals surface area contributed by atoms with Crippen LogP contribution in [0, 0.1) is 5.92 Å². The first kappa shape index (κ1) is 19.4. The molecule has 0 bridgehead atoms. The maximum Gasteiger partial charge on any atom is 0.321 e. The van der Waals surface area contributed by atoms with Crippen LogP contribution in [0.5, 0.6) is 5.75 Å². The summed E-state index contributed by atoms with van der Waals surface area (Å²) in [7, 11) is 0. The molecule has 1 fully saturated rings. The number of benzene rings is 2. The highest BCUT2D eigenvalue weighted by molar-refractivity contribution is 5.73. The van der Waals surface area contributed by atoms with Crippen LogP contribution in [0.15, 0.2) is 54.6 Å². The molecule has 0 aliphatic heterocycles. The van der Waals surface area contributed by atoms with Crippen molar-refractivity contribution in [1.82, 2.24) is 5.32 Å². The number of rotatable bonds is 9. The molecule has 4 heteroatoms. The maximum atomic E-state index is 11.6. The number of ether oxygens (including phenoxy) is 1. The SMILES string of the molecule is O=C(O)[C@@H](Cc1ccccc1)NCc1cccc(OCC2CCCCC2)c1. The molecular formula is C23H29NO3. The van der Waals surface area contributed by atoms with Crippen molar-refractivity contribution in [3.05, 3.63) is 65.7 Å². The third kappa shape index (κ3) is 6.40. The quantitative estimate of drug-likeness (QED) is 0.688. The van der Waals surface area contributed by atoms with Gasteiger partial charge in [-0.3, -0.25) is 4.79 Å². The molecular weight excluding hydrogens is 338 g/mol. The molecule has 2 N–H and O–H groups in total. The molecule has 1 atom stereocenters. The minimum absolute atomic E-state index is 0.466. The fourth-order valence-electron chi connectivity index (χ4n) is 3.65. The molecule has 144 valence electrons. The summed E-state index contributed by atoms with van der Waals surface area (Å²) in [5, 5.41) is 12.7. The van der Waals surface area contributed by atoms with E-state index in [1.54, 1.807) is 0 Å². The Morgan fingerprint density at radius 1 is 1.04 bits per heavy atom. The topological polar surface area (TPSA) is 58.6 Å². The number of carboxylic acids is 1. The average Bonchev–Trinajstić information content (AvgIpc) is 2.71. The van der Waals surface area contributed by atoms with Crippen LogP contribution < -0.4 is 10.1 Å². The predicted octanol–water partition coefficient (Wildman–Crippen LogP) is 4.43. The van der Waals surface area contributed by atoms with Crippen molar-refractivity contribution >= 4 is 5.97 Å². The van der Waals surface area contributed by atoms with E-state index in [1.807, 2.05) is 54.6 Å². The summed E-state index contributed by atoms with van der Waals surface area (Å²) in [4.78, 5) is 11.6. The van der Waals surface area contributed by atoms with E-state index in [2.05, 4.69) is 5.32 Å². The van der Waals surface area contributed by atoms with E-state index in [0.29, 0.717) is 18.9 Å². The number of hydrogen-bond donors (Lipinski definition) is 2. The van der Waals surface area contributed by atoms with Crippen LogP contribution in [0.1, 0.15) is 43.2 Å². The van der Waals surface area contributed by atoms with Crippen LogP contribution >= 0.6 is 0 Å². The molecule has 0 radical (unpaired) electrons. The highest BCUT2D eigenvalue weighted by atomic mass is 16.5. The highest BCUT2D eigenvalue weighted by Crippen LogP contribution is 2.25. The number of carbonyl (C=O) groups is 1. The van der Waals surface area contributed by atoms with Crippen molar-refractivity contribution in [2.75, 3.05) is 6.61 Å². The molecule has 1 aliphatic carbocycles. The second-order valence-corrected chi connectivity index (χ2v) is 7.42. The normalized spacial score (nSPS) is 16.0. The first-order valence-electron chi connectivity index (χ1n) is 9.92. The molecule has 0 amide bonds. The van der Waals surface area contributed by atoms with Gasteiger partial charge in [0.25, 0.3) is 0 Å². The summed E-state index contributed by atoms with van der Waals surface area (Å²) in [6, 6.07) is 17.1. The summed E-state index contributed by atoms with van der Waals surface area (Å²) < 4.78 is 5.99. The third-order valence-corrected chi connectivity index (χ3v) is 5.24. The van der Waals surface area contributed by atoms with E-state index in [9.17, 15) is 9.90 Å². The average molecular weight is 367 g/mol. The molecule has 0 unspecified atom stereocenters. The van der Waals surface area contributed by atoms with Crippen LogP contribution in [0.25, 0.3) is 0 Å². The molecule has 27 heavy (non-hydrogen) atoms. The standard InChI is InChI=1S/C23H29NO3/c25-23(26)22(15-18-8-3-1-4-9-18)24-16-20-12-7-13-21(14-20)27-17-19-10-5-2-6-11-19/h1,3-4,7-9,12-14,19,22,24H,2,5-6,10-11,15-17H2,(H,25,26)/t22-/m1/s1. The van der Waals surface area contributed by atoms with Crippen molar-refractivity contribution < 1.29 is 14.6 Å². The van der Waals surface area contributed by atoms with Gasteiger partial charge < -0.3 is 15.2 Å². The summed E-state index contributed by atoms with van der Waals surface area (Å²) >= 11 is 0. The maximum absolute atomic E-state index is 11.6. The van der Waals surface area contributed by atoms with Crippen molar-refractivity contribution in [3.8, 4) is 5.75 Å². The van der Waals surface area contributed by atoms with Gasteiger partial charge in [0.1, 0.15) is 11.8 Å². The molecule has 0 heterocycles. The van der Waals surface area contributed by atoms with Gasteiger partial charge >= 0.3 is 5.97 Å². The fraction of sp³-hybridized carbons (Fsp3) is 0.435. The van der Waals surface area contributed by atoms with E-state index < -0.39 is 12.0 Å². The smallest absolute Gasteiger partial charge is 0.321 e. The lowest BCUT2D eigenvalue weighted by Crippen LogP contribution is -2.38. The lowest BCUT2D eigenvalue weighted by molar-refractivity contribution is -0.139. The molecule has 0 aromatic heterocycles. The first-order chi connectivity index (χ1) is 13.2. The van der Waals surface area contributed by atoms with E-state index in [1.165, 1.54) is 32.1 Å². The van der Waals surface area contributed by atoms with Crippen LogP contribution in [0.4, 0.5) is 0 Å². The van der Waals surface area contributed by atoms with Gasteiger partial charge in [0.15, 0.2) is 0 Å². The summed E-state index contributed by atoms with van der Waals surface area (Å²) in [5.74, 6) is 0.709. The van der Waals surface area contributed by atoms with Crippen LogP contribution in [0.3, 0.4) is 0 Å². The third-order valence-electron chi connectivity index (χ3n) is 5.24. The molecule has 3 rings (SSSR count). The Labute approximate surface area is 161 Å². The van der Waals surface area contributed by atoms with Gasteiger partial charge in [-0.25, -0.2) is 0 Å². The van der Waals surface area contributed by atoms with Gasteiger partial charge in [-0.1, -0.05) is 61.7 Å². The second kappa shape index (κ2) is 10.1. The highest BCUT2D eigenvalue weighted by Gasteiger charge is 2.17. The summed E-state index contributed by atoms with van der Waals surface area (Å²) in [6.07, 6.45) is 6.98. The van der Waals surface area contributed by atoms with Gasteiger partial charge in [-0.15, -0.1) is 0 Å². The molecule has 1 saturated carbocycles. The number of carboxylic acid groups (broad SMARTS) is 1. The molecule has 2 aromatic rings. The number of hydrogen-bond acceptors (Lipinski definition) is 3. The largest absolute Gasteiger partial charge is 0.493 e. The summed E-state index contributed by atoms with van der Waals surface area (Å²) in [5.41, 5.74) is 2.05. The zero-order valence-corrected chi connectivity index (χ0v) is 15.8. The van der Waals surface area contributed by atoms with Crippen molar-refractivity contribution in [2.45, 2.75) is 51.1 Å². The fourth-order valence-corrected chi connectivity index (χ4v) is 3.65. The Morgan fingerprint density at radius 2 is 1.78 bits per heavy atom. The van der Waals surface area contributed by atoms with Crippen LogP contribution in [-0.2, 0) is 17.8 Å². The molecule has 1 aliphatic rings. The second-order valence-electron chi connectivity index (χ2n) is 7.42. The molecule has 4 nitrogen and oxygen atoms in total. The minimum Gasteiger partial charge on any atom is -0.493 e. The van der Waals surface area contributed by atoms with Crippen molar-refractivity contribution in [2.24, 2.45) is 5.92 Å². The molecule has 0 saturated heterocycles. The van der Waals surface area contributed by atoms with Crippen LogP contribution in [0.2, 0.25) is 0 Å². The van der Waals surface area contributed by atoms with E-state index >= 15 is 0 Å². The lowest BCUT2D eigenvalue weighted by atomic mass is 9.90. The number of nitrogens with one attached hydrogen (secondary N) is 1. The van der Waals surface area contributed by atoms with Crippen molar-refractivity contribution in [3.63, 3.8) is 0 Å². The Bertz CT molecular complexity index is 711. The molecule has 0 spiro atoms. The lowest BCUT2D eigenvalue weighted by Gasteiger charge is -2.21. The van der Waals surface area contributed by atoms with E-state index in [-0.39, 0.29) is 0 Å². The van der Waals surface area contributed by atoms with E-state index in [4.69, 9.17) is 4.74 Å².